The average molecular weight is 244 g/mol. The molecule has 2 aliphatic carbocycles. The van der Waals surface area contributed by atoms with Gasteiger partial charge in [-0.15, -0.1) is 0 Å². The van der Waals surface area contributed by atoms with Crippen LogP contribution in [-0.2, 0) is 0 Å². The quantitative estimate of drug-likeness (QED) is 0.827. The molecule has 18 heavy (non-hydrogen) atoms. The Balaban J connectivity index is 1.46. The minimum Gasteiger partial charge on any atom is -0.313 e. The highest BCUT2D eigenvalue weighted by molar-refractivity contribution is 5.27. The molecule has 0 saturated heterocycles. The first-order valence-electron chi connectivity index (χ1n) is 7.12. The standard InChI is InChI=1S/C16H24N2/c1-18(2)12-16(8-9-16)11-17-15-10-14(15)13-6-4-3-5-7-13/h3-7,14-15,17H,8-12H2,1-2H3/t14?,15-/m0/s1. The number of hydrogen-bond donors (Lipinski definition) is 1. The van der Waals surface area contributed by atoms with Gasteiger partial charge in [0.2, 0.25) is 0 Å². The fourth-order valence-electron chi connectivity index (χ4n) is 3.08. The molecule has 2 aliphatic rings. The highest BCUT2D eigenvalue weighted by atomic mass is 15.1. The Morgan fingerprint density at radius 3 is 2.56 bits per heavy atom. The molecule has 2 nitrogen and oxygen atoms in total. The third-order valence-corrected chi connectivity index (χ3v) is 4.37. The second-order valence-corrected chi connectivity index (χ2v) is 6.48. The van der Waals surface area contributed by atoms with Crippen molar-refractivity contribution in [3.05, 3.63) is 35.9 Å². The first-order chi connectivity index (χ1) is 8.69. The van der Waals surface area contributed by atoms with Crippen molar-refractivity contribution < 1.29 is 0 Å². The van der Waals surface area contributed by atoms with E-state index in [9.17, 15) is 0 Å². The molecule has 0 spiro atoms. The monoisotopic (exact) mass is 244 g/mol. The van der Waals surface area contributed by atoms with E-state index >= 15 is 0 Å². The minimum absolute atomic E-state index is 0.591. The van der Waals surface area contributed by atoms with E-state index in [0.29, 0.717) is 5.41 Å². The van der Waals surface area contributed by atoms with Crippen LogP contribution >= 0.6 is 0 Å². The summed E-state index contributed by atoms with van der Waals surface area (Å²) >= 11 is 0. The van der Waals surface area contributed by atoms with Gasteiger partial charge in [0.05, 0.1) is 0 Å². The van der Waals surface area contributed by atoms with E-state index in [0.717, 1.165) is 12.0 Å². The fourth-order valence-corrected chi connectivity index (χ4v) is 3.08. The van der Waals surface area contributed by atoms with Crippen molar-refractivity contribution in [2.75, 3.05) is 27.2 Å². The zero-order valence-corrected chi connectivity index (χ0v) is 11.5. The van der Waals surface area contributed by atoms with Crippen LogP contribution in [0.15, 0.2) is 30.3 Å². The summed E-state index contributed by atoms with van der Waals surface area (Å²) in [6.07, 6.45) is 4.13. The van der Waals surface area contributed by atoms with Crippen LogP contribution in [0.25, 0.3) is 0 Å². The highest BCUT2D eigenvalue weighted by Gasteiger charge is 2.45. The molecule has 2 fully saturated rings. The van der Waals surface area contributed by atoms with E-state index in [4.69, 9.17) is 0 Å². The first kappa shape index (κ1) is 12.2. The Kier molecular flexibility index (Phi) is 3.16. The van der Waals surface area contributed by atoms with Crippen LogP contribution in [0.4, 0.5) is 0 Å². The smallest absolute Gasteiger partial charge is 0.0143 e. The van der Waals surface area contributed by atoms with Gasteiger partial charge in [0, 0.05) is 25.0 Å². The predicted octanol–water partition coefficient (Wildman–Crippen LogP) is 2.47. The average Bonchev–Trinajstić information content (AvgIpc) is 3.23. The van der Waals surface area contributed by atoms with Crippen LogP contribution in [0, 0.1) is 5.41 Å². The van der Waals surface area contributed by atoms with E-state index in [1.807, 2.05) is 0 Å². The maximum absolute atomic E-state index is 3.79. The maximum atomic E-state index is 3.79. The van der Waals surface area contributed by atoms with Crippen molar-refractivity contribution in [1.29, 1.82) is 0 Å². The molecule has 2 saturated carbocycles. The molecular weight excluding hydrogens is 220 g/mol. The van der Waals surface area contributed by atoms with Crippen molar-refractivity contribution in [3.8, 4) is 0 Å². The van der Waals surface area contributed by atoms with Crippen LogP contribution in [0.5, 0.6) is 0 Å². The second kappa shape index (κ2) is 4.67. The predicted molar refractivity (Wildman–Crippen MR) is 75.8 cm³/mol. The van der Waals surface area contributed by atoms with Crippen molar-refractivity contribution >= 4 is 0 Å². The summed E-state index contributed by atoms with van der Waals surface area (Å²) in [5.41, 5.74) is 2.10. The van der Waals surface area contributed by atoms with Gasteiger partial charge in [-0.25, -0.2) is 0 Å². The summed E-state index contributed by atoms with van der Waals surface area (Å²) in [7, 11) is 4.37. The Labute approximate surface area is 110 Å². The lowest BCUT2D eigenvalue weighted by Crippen LogP contribution is -2.33. The molecule has 3 rings (SSSR count). The lowest BCUT2D eigenvalue weighted by molar-refractivity contribution is 0.298. The number of nitrogens with one attached hydrogen (secondary N) is 1. The fraction of sp³-hybridized carbons (Fsp3) is 0.625. The van der Waals surface area contributed by atoms with Gasteiger partial charge in [-0.1, -0.05) is 30.3 Å². The Morgan fingerprint density at radius 1 is 1.22 bits per heavy atom. The third-order valence-electron chi connectivity index (χ3n) is 4.37. The van der Waals surface area contributed by atoms with Crippen LogP contribution in [0.3, 0.4) is 0 Å². The number of nitrogens with zero attached hydrogens (tertiary/aromatic N) is 1. The molecule has 0 bridgehead atoms. The largest absolute Gasteiger partial charge is 0.313 e. The Bertz CT molecular complexity index is 395. The summed E-state index contributed by atoms with van der Waals surface area (Å²) in [4.78, 5) is 2.33. The molecule has 1 aromatic rings. The SMILES string of the molecule is CN(C)CC1(CN[C@H]2CC2c2ccccc2)CC1. The zero-order valence-electron chi connectivity index (χ0n) is 11.5. The van der Waals surface area contributed by atoms with Gasteiger partial charge < -0.3 is 10.2 Å². The molecule has 1 aromatic carbocycles. The van der Waals surface area contributed by atoms with Crippen LogP contribution < -0.4 is 5.32 Å². The van der Waals surface area contributed by atoms with Gasteiger partial charge >= 0.3 is 0 Å². The van der Waals surface area contributed by atoms with Gasteiger partial charge in [-0.3, -0.25) is 0 Å². The lowest BCUT2D eigenvalue weighted by Gasteiger charge is -2.20. The van der Waals surface area contributed by atoms with Crippen molar-refractivity contribution in [2.24, 2.45) is 5.41 Å². The highest BCUT2D eigenvalue weighted by Crippen LogP contribution is 2.47. The van der Waals surface area contributed by atoms with Crippen molar-refractivity contribution in [3.63, 3.8) is 0 Å². The van der Waals surface area contributed by atoms with Gasteiger partial charge in [0.25, 0.3) is 0 Å². The Hall–Kier alpha value is -0.860. The summed E-state index contributed by atoms with van der Waals surface area (Å²) in [5.74, 6) is 0.765. The third kappa shape index (κ3) is 2.76. The molecule has 0 aliphatic heterocycles. The van der Waals surface area contributed by atoms with Crippen LogP contribution in [0.1, 0.15) is 30.7 Å². The summed E-state index contributed by atoms with van der Waals surface area (Å²) < 4.78 is 0. The number of benzene rings is 1. The molecule has 0 heterocycles. The molecule has 0 amide bonds. The van der Waals surface area contributed by atoms with E-state index in [2.05, 4.69) is 54.6 Å². The second-order valence-electron chi connectivity index (χ2n) is 6.48. The normalized spacial score (nSPS) is 28.4. The molecule has 98 valence electrons. The maximum Gasteiger partial charge on any atom is 0.0143 e. The first-order valence-corrected chi connectivity index (χ1v) is 7.12. The molecule has 0 radical (unpaired) electrons. The van der Waals surface area contributed by atoms with Crippen LogP contribution in [-0.4, -0.2) is 38.1 Å². The Morgan fingerprint density at radius 2 is 1.94 bits per heavy atom. The van der Waals surface area contributed by atoms with Gasteiger partial charge in [0.1, 0.15) is 0 Å². The topological polar surface area (TPSA) is 15.3 Å². The number of hydrogen-bond acceptors (Lipinski definition) is 2. The lowest BCUT2D eigenvalue weighted by atomic mass is 10.1. The summed E-state index contributed by atoms with van der Waals surface area (Å²) in [6.45, 7) is 2.45. The van der Waals surface area contributed by atoms with E-state index < -0.39 is 0 Å². The van der Waals surface area contributed by atoms with E-state index in [1.165, 1.54) is 37.9 Å². The van der Waals surface area contributed by atoms with Crippen LogP contribution in [0.2, 0.25) is 0 Å². The summed E-state index contributed by atoms with van der Waals surface area (Å²) in [6, 6.07) is 11.7. The molecule has 2 heteroatoms. The van der Waals surface area contributed by atoms with Gasteiger partial charge in [-0.2, -0.15) is 0 Å². The molecule has 1 unspecified atom stereocenters. The zero-order chi connectivity index (χ0) is 12.6. The van der Waals surface area contributed by atoms with Gasteiger partial charge in [-0.05, 0) is 44.3 Å². The van der Waals surface area contributed by atoms with Crippen molar-refractivity contribution in [1.82, 2.24) is 10.2 Å². The minimum atomic E-state index is 0.591. The number of rotatable bonds is 6. The van der Waals surface area contributed by atoms with E-state index in [1.54, 1.807) is 0 Å². The molecule has 2 atom stereocenters. The summed E-state index contributed by atoms with van der Waals surface area (Å²) in [5, 5.41) is 3.79. The molecule has 0 aromatic heterocycles. The van der Waals surface area contributed by atoms with Crippen molar-refractivity contribution in [2.45, 2.75) is 31.2 Å². The molecular formula is C16H24N2. The molecule has 1 N–H and O–H groups in total. The van der Waals surface area contributed by atoms with Gasteiger partial charge in [0.15, 0.2) is 0 Å². The van der Waals surface area contributed by atoms with E-state index in [-0.39, 0.29) is 0 Å².